The maximum Gasteiger partial charge on any atom is 0.351 e. The molecule has 2 atom stereocenters. The number of rotatable bonds is 1. The van der Waals surface area contributed by atoms with Crippen LogP contribution in [0.2, 0.25) is 0 Å². The van der Waals surface area contributed by atoms with E-state index >= 15 is 0 Å². The molecule has 0 amide bonds. The van der Waals surface area contributed by atoms with Crippen LogP contribution in [0.4, 0.5) is 10.2 Å². The van der Waals surface area contributed by atoms with E-state index in [1.54, 1.807) is 0 Å². The Morgan fingerprint density at radius 1 is 1.71 bits per heavy atom. The monoisotopic (exact) mass is 199 g/mol. The fourth-order valence-corrected chi connectivity index (χ4v) is 1.42. The molecule has 0 radical (unpaired) electrons. The van der Waals surface area contributed by atoms with Crippen LogP contribution >= 0.6 is 0 Å². The molecule has 1 aliphatic rings. The number of aromatic nitrogens is 2. The van der Waals surface area contributed by atoms with Gasteiger partial charge in [-0.25, -0.2) is 9.18 Å². The number of nitrogens with two attached hydrogens (primary N) is 1. The molecule has 14 heavy (non-hydrogen) atoms. The molecule has 1 aliphatic heterocycles. The summed E-state index contributed by atoms with van der Waals surface area (Å²) < 4.78 is 19.4. The molecule has 0 bridgehead atoms. The van der Waals surface area contributed by atoms with E-state index in [-0.39, 0.29) is 5.82 Å². The molecule has 5 nitrogen and oxygen atoms in total. The van der Waals surface area contributed by atoms with Crippen molar-refractivity contribution in [3.63, 3.8) is 0 Å². The molecule has 0 unspecified atom stereocenters. The lowest BCUT2D eigenvalue weighted by Crippen LogP contribution is -2.30. The first kappa shape index (κ1) is 9.14. The zero-order chi connectivity index (χ0) is 10.1. The van der Waals surface area contributed by atoms with Crippen molar-refractivity contribution in [3.8, 4) is 0 Å². The van der Waals surface area contributed by atoms with Gasteiger partial charge in [0.05, 0.1) is 6.61 Å². The quantitative estimate of drug-likeness (QED) is 0.695. The van der Waals surface area contributed by atoms with Gasteiger partial charge in [0, 0.05) is 12.6 Å². The van der Waals surface area contributed by atoms with E-state index in [0.717, 1.165) is 4.57 Å². The smallest absolute Gasteiger partial charge is 0.351 e. The van der Waals surface area contributed by atoms with E-state index in [1.807, 2.05) is 0 Å². The second-order valence-electron chi connectivity index (χ2n) is 3.11. The maximum absolute atomic E-state index is 13.2. The standard InChI is InChI=1S/C8H10FN3O2/c9-5-2-4-14-7(5)12-3-1-6(10)11-8(12)13/h1,3,5,7H,2,4H2,(H2,10,11,13)/t5-,7-/m1/s1. The van der Waals surface area contributed by atoms with Crippen molar-refractivity contribution in [2.24, 2.45) is 0 Å². The number of hydrogen-bond donors (Lipinski definition) is 1. The molecule has 1 fully saturated rings. The number of alkyl halides is 1. The first-order valence-corrected chi connectivity index (χ1v) is 4.29. The van der Waals surface area contributed by atoms with Gasteiger partial charge in [0.15, 0.2) is 6.23 Å². The zero-order valence-electron chi connectivity index (χ0n) is 7.39. The number of halogens is 1. The lowest BCUT2D eigenvalue weighted by Gasteiger charge is -2.14. The summed E-state index contributed by atoms with van der Waals surface area (Å²) in [6.07, 6.45) is -0.303. The van der Waals surface area contributed by atoms with E-state index in [1.165, 1.54) is 12.3 Å². The van der Waals surface area contributed by atoms with Gasteiger partial charge in [-0.3, -0.25) is 4.57 Å². The summed E-state index contributed by atoms with van der Waals surface area (Å²) in [6, 6.07) is 1.44. The highest BCUT2D eigenvalue weighted by Crippen LogP contribution is 2.24. The highest BCUT2D eigenvalue weighted by Gasteiger charge is 2.30. The summed E-state index contributed by atoms with van der Waals surface area (Å²) in [5.41, 5.74) is 4.72. The minimum atomic E-state index is -1.15. The van der Waals surface area contributed by atoms with E-state index in [2.05, 4.69) is 4.98 Å². The van der Waals surface area contributed by atoms with Gasteiger partial charge in [0.2, 0.25) is 0 Å². The van der Waals surface area contributed by atoms with Crippen LogP contribution in [0.15, 0.2) is 17.1 Å². The Labute approximate surface area is 79.3 Å². The van der Waals surface area contributed by atoms with Crippen LogP contribution in [0.5, 0.6) is 0 Å². The third-order valence-electron chi connectivity index (χ3n) is 2.12. The number of nitrogens with zero attached hydrogens (tertiary/aromatic N) is 2. The molecule has 0 aliphatic carbocycles. The van der Waals surface area contributed by atoms with Gasteiger partial charge in [-0.2, -0.15) is 4.98 Å². The van der Waals surface area contributed by atoms with Gasteiger partial charge in [0.1, 0.15) is 12.0 Å². The summed E-state index contributed by atoms with van der Waals surface area (Å²) in [7, 11) is 0. The normalized spacial score (nSPS) is 26.6. The molecule has 2 N–H and O–H groups in total. The summed E-state index contributed by atoms with van der Waals surface area (Å²) in [5.74, 6) is 0.125. The Balaban J connectivity index is 2.36. The highest BCUT2D eigenvalue weighted by atomic mass is 19.1. The van der Waals surface area contributed by atoms with Gasteiger partial charge < -0.3 is 10.5 Å². The SMILES string of the molecule is Nc1ccn([C@@H]2OCC[C@H]2F)c(=O)n1. The Morgan fingerprint density at radius 3 is 3.07 bits per heavy atom. The predicted octanol–water partition coefficient (Wildman–Crippen LogP) is 0.0825. The largest absolute Gasteiger partial charge is 0.383 e. The maximum atomic E-state index is 13.2. The number of anilines is 1. The van der Waals surface area contributed by atoms with Crippen LogP contribution in [0.3, 0.4) is 0 Å². The third kappa shape index (κ3) is 1.48. The van der Waals surface area contributed by atoms with Crippen LogP contribution in [0.1, 0.15) is 12.6 Å². The van der Waals surface area contributed by atoms with Crippen molar-refractivity contribution < 1.29 is 9.13 Å². The van der Waals surface area contributed by atoms with Crippen molar-refractivity contribution in [3.05, 3.63) is 22.7 Å². The van der Waals surface area contributed by atoms with Crippen molar-refractivity contribution in [1.82, 2.24) is 9.55 Å². The van der Waals surface area contributed by atoms with Gasteiger partial charge >= 0.3 is 5.69 Å². The summed E-state index contributed by atoms with van der Waals surface area (Å²) in [5, 5.41) is 0. The Bertz CT molecular complexity index is 392. The molecule has 2 heterocycles. The molecule has 2 rings (SSSR count). The molecule has 0 saturated carbocycles. The van der Waals surface area contributed by atoms with Crippen LogP contribution in [0.25, 0.3) is 0 Å². The zero-order valence-corrected chi connectivity index (χ0v) is 7.39. The van der Waals surface area contributed by atoms with E-state index < -0.39 is 18.1 Å². The summed E-state index contributed by atoms with van der Waals surface area (Å²) in [6.45, 7) is 0.322. The topological polar surface area (TPSA) is 70.1 Å². The lowest BCUT2D eigenvalue weighted by molar-refractivity contribution is 0.0180. The van der Waals surface area contributed by atoms with Gasteiger partial charge in [-0.1, -0.05) is 0 Å². The van der Waals surface area contributed by atoms with Crippen molar-refractivity contribution in [2.75, 3.05) is 12.3 Å². The molecular weight excluding hydrogens is 189 g/mol. The number of ether oxygens (including phenoxy) is 1. The van der Waals surface area contributed by atoms with Crippen LogP contribution < -0.4 is 11.4 Å². The minimum Gasteiger partial charge on any atom is -0.383 e. The van der Waals surface area contributed by atoms with Crippen molar-refractivity contribution in [2.45, 2.75) is 18.8 Å². The molecular formula is C8H10FN3O2. The molecule has 0 aromatic carbocycles. The molecule has 0 spiro atoms. The van der Waals surface area contributed by atoms with E-state index in [0.29, 0.717) is 13.0 Å². The molecule has 1 aromatic heterocycles. The third-order valence-corrected chi connectivity index (χ3v) is 2.12. The second kappa shape index (κ2) is 3.38. The highest BCUT2D eigenvalue weighted by molar-refractivity contribution is 5.23. The average molecular weight is 199 g/mol. The van der Waals surface area contributed by atoms with Gasteiger partial charge in [-0.15, -0.1) is 0 Å². The molecule has 76 valence electrons. The first-order valence-electron chi connectivity index (χ1n) is 4.29. The fourth-order valence-electron chi connectivity index (χ4n) is 1.42. The predicted molar refractivity (Wildman–Crippen MR) is 47.4 cm³/mol. The first-order chi connectivity index (χ1) is 6.68. The number of nitrogen functional groups attached to an aromatic ring is 1. The Hall–Kier alpha value is -1.43. The van der Waals surface area contributed by atoms with E-state index in [4.69, 9.17) is 10.5 Å². The minimum absolute atomic E-state index is 0.125. The Morgan fingerprint density at radius 2 is 2.50 bits per heavy atom. The van der Waals surface area contributed by atoms with Gasteiger partial charge in [0.25, 0.3) is 0 Å². The van der Waals surface area contributed by atoms with Crippen LogP contribution in [-0.4, -0.2) is 22.3 Å². The summed E-state index contributed by atoms with van der Waals surface area (Å²) in [4.78, 5) is 14.8. The van der Waals surface area contributed by atoms with Crippen LogP contribution in [0, 0.1) is 0 Å². The average Bonchev–Trinajstić information content (AvgIpc) is 2.52. The summed E-state index contributed by atoms with van der Waals surface area (Å²) >= 11 is 0. The molecule has 6 heteroatoms. The molecule has 1 saturated heterocycles. The van der Waals surface area contributed by atoms with Crippen LogP contribution in [-0.2, 0) is 4.74 Å². The fraction of sp³-hybridized carbons (Fsp3) is 0.500. The number of hydrogen-bond acceptors (Lipinski definition) is 4. The van der Waals surface area contributed by atoms with Crippen molar-refractivity contribution in [1.29, 1.82) is 0 Å². The molecule has 1 aromatic rings. The van der Waals surface area contributed by atoms with Gasteiger partial charge in [-0.05, 0) is 6.07 Å². The van der Waals surface area contributed by atoms with E-state index in [9.17, 15) is 9.18 Å². The van der Waals surface area contributed by atoms with Crippen molar-refractivity contribution >= 4 is 5.82 Å². The second-order valence-corrected chi connectivity index (χ2v) is 3.11. The lowest BCUT2D eigenvalue weighted by atomic mass is 10.3. The Kier molecular flexibility index (Phi) is 2.20.